The minimum atomic E-state index is -3.58. The Morgan fingerprint density at radius 3 is 2.42 bits per heavy atom. The summed E-state index contributed by atoms with van der Waals surface area (Å²) in [5, 5.41) is 0.134. The molecule has 0 fully saturated rings. The van der Waals surface area contributed by atoms with Gasteiger partial charge in [-0.2, -0.15) is 8.42 Å². The van der Waals surface area contributed by atoms with Gasteiger partial charge in [0, 0.05) is 13.0 Å². The molecule has 0 spiro atoms. The Morgan fingerprint density at radius 2 is 1.89 bits per heavy atom. The van der Waals surface area contributed by atoms with Crippen LogP contribution in [-0.4, -0.2) is 24.9 Å². The molecule has 0 amide bonds. The predicted octanol–water partition coefficient (Wildman–Crippen LogP) is 2.19. The summed E-state index contributed by atoms with van der Waals surface area (Å²) in [5.41, 5.74) is 0.651. The number of anilines is 1. The second-order valence-electron chi connectivity index (χ2n) is 4.05. The molecular formula is C13H17N3O2S. The Bertz CT molecular complexity index is 635. The summed E-state index contributed by atoms with van der Waals surface area (Å²) < 4.78 is 26.5. The number of nitrogens with one attached hydrogen (secondary N) is 1. The van der Waals surface area contributed by atoms with Gasteiger partial charge in [-0.15, -0.1) is 0 Å². The zero-order valence-corrected chi connectivity index (χ0v) is 11.8. The van der Waals surface area contributed by atoms with Crippen LogP contribution in [0.25, 0.3) is 0 Å². The lowest BCUT2D eigenvalue weighted by molar-refractivity contribution is 0.588. The molecule has 0 aliphatic carbocycles. The van der Waals surface area contributed by atoms with Crippen LogP contribution in [-0.2, 0) is 16.4 Å². The highest BCUT2D eigenvalue weighted by molar-refractivity contribution is 7.92. The number of aromatic nitrogens is 2. The van der Waals surface area contributed by atoms with Crippen LogP contribution in [0.1, 0.15) is 19.7 Å². The third-order valence-electron chi connectivity index (χ3n) is 2.84. The summed E-state index contributed by atoms with van der Waals surface area (Å²) in [7, 11) is -3.58. The van der Waals surface area contributed by atoms with Gasteiger partial charge in [0.05, 0.1) is 11.9 Å². The van der Waals surface area contributed by atoms with E-state index in [1.807, 2.05) is 32.0 Å². The summed E-state index contributed by atoms with van der Waals surface area (Å²) in [5.74, 6) is 0.669. The van der Waals surface area contributed by atoms with Crippen LogP contribution in [0.4, 0.5) is 5.69 Å². The van der Waals surface area contributed by atoms with Gasteiger partial charge in [-0.3, -0.25) is 4.31 Å². The van der Waals surface area contributed by atoms with Gasteiger partial charge in [-0.25, -0.2) is 4.98 Å². The minimum absolute atomic E-state index is 0.134. The molecule has 0 bridgehead atoms. The molecule has 102 valence electrons. The van der Waals surface area contributed by atoms with Gasteiger partial charge in [0.25, 0.3) is 10.0 Å². The van der Waals surface area contributed by atoms with Crippen LogP contribution >= 0.6 is 0 Å². The standard InChI is InChI=1S/C13H17N3O2S/c1-3-12-14-10-13(15-12)19(17,18)16(4-2)11-8-6-5-7-9-11/h5-10H,3-4H2,1-2H3,(H,14,15). The molecule has 1 aromatic heterocycles. The first-order valence-corrected chi connectivity index (χ1v) is 7.65. The number of hydrogen-bond acceptors (Lipinski definition) is 3. The van der Waals surface area contributed by atoms with Crippen molar-refractivity contribution in [3.8, 4) is 0 Å². The van der Waals surface area contributed by atoms with Crippen molar-refractivity contribution in [3.63, 3.8) is 0 Å². The maximum absolute atomic E-state index is 12.5. The van der Waals surface area contributed by atoms with Crippen molar-refractivity contribution in [2.75, 3.05) is 10.8 Å². The largest absolute Gasteiger partial charge is 0.332 e. The zero-order chi connectivity index (χ0) is 13.9. The van der Waals surface area contributed by atoms with Gasteiger partial charge in [0.2, 0.25) is 0 Å². The summed E-state index contributed by atoms with van der Waals surface area (Å²) in [6.45, 7) is 4.10. The fourth-order valence-corrected chi connectivity index (χ4v) is 3.27. The fourth-order valence-electron chi connectivity index (χ4n) is 1.86. The van der Waals surface area contributed by atoms with Gasteiger partial charge < -0.3 is 4.98 Å². The average molecular weight is 279 g/mol. The third-order valence-corrected chi connectivity index (χ3v) is 4.65. The molecule has 0 aliphatic rings. The number of imidazole rings is 1. The number of H-pyrrole nitrogens is 1. The molecule has 5 nitrogen and oxygen atoms in total. The highest BCUT2D eigenvalue weighted by atomic mass is 32.2. The summed E-state index contributed by atoms with van der Waals surface area (Å²) in [4.78, 5) is 6.90. The summed E-state index contributed by atoms with van der Waals surface area (Å²) >= 11 is 0. The molecule has 6 heteroatoms. The van der Waals surface area contributed by atoms with Crippen molar-refractivity contribution in [1.29, 1.82) is 0 Å². The van der Waals surface area contributed by atoms with Crippen LogP contribution < -0.4 is 4.31 Å². The van der Waals surface area contributed by atoms with E-state index < -0.39 is 10.0 Å². The van der Waals surface area contributed by atoms with Crippen molar-refractivity contribution in [3.05, 3.63) is 42.4 Å². The third kappa shape index (κ3) is 2.63. The average Bonchev–Trinajstić information content (AvgIpc) is 2.90. The first-order valence-electron chi connectivity index (χ1n) is 6.21. The lowest BCUT2D eigenvalue weighted by Crippen LogP contribution is -2.31. The molecule has 1 aromatic carbocycles. The van der Waals surface area contributed by atoms with Crippen molar-refractivity contribution in [2.45, 2.75) is 25.3 Å². The van der Waals surface area contributed by atoms with Crippen molar-refractivity contribution in [2.24, 2.45) is 0 Å². The monoisotopic (exact) mass is 279 g/mol. The van der Waals surface area contributed by atoms with Crippen molar-refractivity contribution < 1.29 is 8.42 Å². The number of nitrogens with zero attached hydrogens (tertiary/aromatic N) is 2. The summed E-state index contributed by atoms with van der Waals surface area (Å²) in [6, 6.07) is 9.04. The maximum Gasteiger partial charge on any atom is 0.281 e. The quantitative estimate of drug-likeness (QED) is 0.912. The minimum Gasteiger partial charge on any atom is -0.332 e. The highest BCUT2D eigenvalue weighted by Crippen LogP contribution is 2.21. The number of benzene rings is 1. The second-order valence-corrected chi connectivity index (χ2v) is 5.88. The van der Waals surface area contributed by atoms with Crippen LogP contribution in [0, 0.1) is 0 Å². The SMILES string of the molecule is CCc1ncc(S(=O)(=O)N(CC)c2ccccc2)[nH]1. The van der Waals surface area contributed by atoms with E-state index in [0.717, 1.165) is 0 Å². The lowest BCUT2D eigenvalue weighted by Gasteiger charge is -2.21. The number of aryl methyl sites for hydroxylation is 1. The first kappa shape index (κ1) is 13.6. The van der Waals surface area contributed by atoms with Crippen LogP contribution in [0.2, 0.25) is 0 Å². The normalized spacial score (nSPS) is 11.5. The molecule has 0 radical (unpaired) electrons. The van der Waals surface area contributed by atoms with Gasteiger partial charge in [0.1, 0.15) is 5.82 Å². The Kier molecular flexibility index (Phi) is 3.90. The molecule has 0 saturated heterocycles. The molecule has 1 N–H and O–H groups in total. The summed E-state index contributed by atoms with van der Waals surface area (Å²) in [6.07, 6.45) is 2.05. The molecule has 1 heterocycles. The lowest BCUT2D eigenvalue weighted by atomic mass is 10.3. The molecule has 2 rings (SSSR count). The van der Waals surface area contributed by atoms with E-state index in [1.54, 1.807) is 12.1 Å². The maximum atomic E-state index is 12.5. The molecule has 0 atom stereocenters. The van der Waals surface area contributed by atoms with Gasteiger partial charge >= 0.3 is 0 Å². The molecular weight excluding hydrogens is 262 g/mol. The Balaban J connectivity index is 2.42. The van der Waals surface area contributed by atoms with Gasteiger partial charge in [-0.05, 0) is 19.1 Å². The molecule has 0 aliphatic heterocycles. The van der Waals surface area contributed by atoms with E-state index in [0.29, 0.717) is 24.5 Å². The van der Waals surface area contributed by atoms with Crippen LogP contribution in [0.15, 0.2) is 41.6 Å². The topological polar surface area (TPSA) is 66.1 Å². The Hall–Kier alpha value is -1.82. The number of hydrogen-bond donors (Lipinski definition) is 1. The smallest absolute Gasteiger partial charge is 0.281 e. The molecule has 19 heavy (non-hydrogen) atoms. The Morgan fingerprint density at radius 1 is 1.21 bits per heavy atom. The number of rotatable bonds is 5. The van der Waals surface area contributed by atoms with E-state index in [2.05, 4.69) is 9.97 Å². The highest BCUT2D eigenvalue weighted by Gasteiger charge is 2.25. The predicted molar refractivity (Wildman–Crippen MR) is 74.6 cm³/mol. The fraction of sp³-hybridized carbons (Fsp3) is 0.308. The zero-order valence-electron chi connectivity index (χ0n) is 11.0. The van der Waals surface area contributed by atoms with Crippen molar-refractivity contribution in [1.82, 2.24) is 9.97 Å². The van der Waals surface area contributed by atoms with E-state index in [1.165, 1.54) is 10.5 Å². The van der Waals surface area contributed by atoms with Crippen molar-refractivity contribution >= 4 is 15.7 Å². The van der Waals surface area contributed by atoms with Gasteiger partial charge in [-0.1, -0.05) is 25.1 Å². The van der Waals surface area contributed by atoms with E-state index in [9.17, 15) is 8.42 Å². The van der Waals surface area contributed by atoms with E-state index in [4.69, 9.17) is 0 Å². The number of aromatic amines is 1. The number of sulfonamides is 1. The Labute approximate surface area is 113 Å². The van der Waals surface area contributed by atoms with Crippen LogP contribution in [0.5, 0.6) is 0 Å². The van der Waals surface area contributed by atoms with Gasteiger partial charge in [0.15, 0.2) is 5.03 Å². The first-order chi connectivity index (χ1) is 9.09. The molecule has 2 aromatic rings. The van der Waals surface area contributed by atoms with E-state index >= 15 is 0 Å². The molecule has 0 unspecified atom stereocenters. The second kappa shape index (κ2) is 5.44. The molecule has 0 saturated carbocycles. The van der Waals surface area contributed by atoms with E-state index in [-0.39, 0.29) is 5.03 Å². The van der Waals surface area contributed by atoms with Crippen LogP contribution in [0.3, 0.4) is 0 Å². The number of para-hydroxylation sites is 1.